The summed E-state index contributed by atoms with van der Waals surface area (Å²) in [6.07, 6.45) is 6.22. The van der Waals surface area contributed by atoms with E-state index in [2.05, 4.69) is 15.2 Å². The number of nitrogens with one attached hydrogen (secondary N) is 1. The third-order valence-corrected chi connectivity index (χ3v) is 5.14. The fourth-order valence-corrected chi connectivity index (χ4v) is 3.67. The molecule has 1 unspecified atom stereocenters. The summed E-state index contributed by atoms with van der Waals surface area (Å²) in [6.45, 7) is 5.55. The zero-order chi connectivity index (χ0) is 16.8. The molecular formula is C18H28N4O2. The van der Waals surface area contributed by atoms with Crippen molar-refractivity contribution in [3.05, 3.63) is 34.7 Å². The van der Waals surface area contributed by atoms with Crippen molar-refractivity contribution in [3.63, 3.8) is 0 Å². The van der Waals surface area contributed by atoms with Gasteiger partial charge in [0.15, 0.2) is 5.96 Å². The Balaban J connectivity index is 1.39. The Hall–Kier alpha value is -1.82. The molecule has 1 aromatic rings. The highest BCUT2D eigenvalue weighted by Gasteiger charge is 2.42. The van der Waals surface area contributed by atoms with Crippen molar-refractivity contribution < 1.29 is 4.74 Å². The van der Waals surface area contributed by atoms with Gasteiger partial charge >= 0.3 is 0 Å². The average Bonchev–Trinajstić information content (AvgIpc) is 3.23. The minimum absolute atomic E-state index is 0.0717. The van der Waals surface area contributed by atoms with E-state index in [0.717, 1.165) is 58.2 Å². The molecule has 2 aliphatic heterocycles. The highest BCUT2D eigenvalue weighted by molar-refractivity contribution is 5.80. The molecule has 3 heterocycles. The minimum atomic E-state index is 0.0717. The molecule has 3 rings (SSSR count). The Kier molecular flexibility index (Phi) is 5.56. The van der Waals surface area contributed by atoms with Crippen LogP contribution in [0.4, 0.5) is 0 Å². The van der Waals surface area contributed by atoms with Crippen molar-refractivity contribution in [1.29, 1.82) is 0 Å². The molecule has 24 heavy (non-hydrogen) atoms. The number of hydrogen-bond donors (Lipinski definition) is 1. The first-order valence-corrected chi connectivity index (χ1v) is 8.91. The minimum Gasteiger partial charge on any atom is -0.381 e. The van der Waals surface area contributed by atoms with Crippen LogP contribution in [0.2, 0.25) is 0 Å². The van der Waals surface area contributed by atoms with Crippen LogP contribution in [-0.4, -0.2) is 55.3 Å². The highest BCUT2D eigenvalue weighted by Crippen LogP contribution is 2.38. The number of rotatable bonds is 5. The predicted molar refractivity (Wildman–Crippen MR) is 95.4 cm³/mol. The fourth-order valence-electron chi connectivity index (χ4n) is 3.67. The average molecular weight is 332 g/mol. The lowest BCUT2D eigenvalue weighted by Gasteiger charge is -2.25. The second-order valence-corrected chi connectivity index (χ2v) is 6.89. The maximum absolute atomic E-state index is 11.6. The van der Waals surface area contributed by atoms with Crippen molar-refractivity contribution in [2.45, 2.75) is 32.2 Å². The van der Waals surface area contributed by atoms with E-state index < -0.39 is 0 Å². The van der Waals surface area contributed by atoms with E-state index in [1.165, 1.54) is 12.8 Å². The van der Waals surface area contributed by atoms with Gasteiger partial charge in [0.1, 0.15) is 0 Å². The Bertz CT molecular complexity index is 619. The van der Waals surface area contributed by atoms with Gasteiger partial charge in [-0.2, -0.15) is 0 Å². The summed E-state index contributed by atoms with van der Waals surface area (Å²) >= 11 is 0. The number of ether oxygens (including phenoxy) is 1. The smallest absolute Gasteiger partial charge is 0.250 e. The van der Waals surface area contributed by atoms with Crippen LogP contribution >= 0.6 is 0 Å². The van der Waals surface area contributed by atoms with Crippen LogP contribution in [0.3, 0.4) is 0 Å². The number of nitrogens with zero attached hydrogens (tertiary/aromatic N) is 3. The standard InChI is InChI=1S/C18H28N4O2/c1-19-17(22-12-7-18(14-22)8-13-24-15-18)20-9-3-5-11-21-10-4-2-6-16(21)23/h2,4,6,10H,3,5,7-9,11-15H2,1H3,(H,19,20). The van der Waals surface area contributed by atoms with Crippen molar-refractivity contribution in [3.8, 4) is 0 Å². The first-order chi connectivity index (χ1) is 11.7. The summed E-state index contributed by atoms with van der Waals surface area (Å²) in [4.78, 5) is 18.4. The monoisotopic (exact) mass is 332 g/mol. The quantitative estimate of drug-likeness (QED) is 0.502. The van der Waals surface area contributed by atoms with Crippen molar-refractivity contribution in [2.75, 3.05) is 39.9 Å². The van der Waals surface area contributed by atoms with Gasteiger partial charge in [-0.15, -0.1) is 0 Å². The fraction of sp³-hybridized carbons (Fsp3) is 0.667. The lowest BCUT2D eigenvalue weighted by molar-refractivity contribution is 0.156. The zero-order valence-corrected chi connectivity index (χ0v) is 14.5. The van der Waals surface area contributed by atoms with Crippen LogP contribution in [0.1, 0.15) is 25.7 Å². The van der Waals surface area contributed by atoms with Crippen LogP contribution in [0.15, 0.2) is 34.2 Å². The molecule has 132 valence electrons. The number of aliphatic imine (C=N–C) groups is 1. The molecule has 0 radical (unpaired) electrons. The van der Waals surface area contributed by atoms with Crippen LogP contribution in [0.25, 0.3) is 0 Å². The second-order valence-electron chi connectivity index (χ2n) is 6.89. The Labute approximate surface area is 143 Å². The Morgan fingerprint density at radius 3 is 3.04 bits per heavy atom. The largest absolute Gasteiger partial charge is 0.381 e. The lowest BCUT2D eigenvalue weighted by atomic mass is 9.87. The van der Waals surface area contributed by atoms with Gasteiger partial charge in [0, 0.05) is 57.5 Å². The molecule has 1 aromatic heterocycles. The van der Waals surface area contributed by atoms with E-state index in [9.17, 15) is 4.79 Å². The number of unbranched alkanes of at least 4 members (excludes halogenated alkanes) is 1. The van der Waals surface area contributed by atoms with Gasteiger partial charge < -0.3 is 19.5 Å². The molecular weight excluding hydrogens is 304 g/mol. The SMILES string of the molecule is CN=C(NCCCCn1ccccc1=O)N1CCC2(CCOC2)C1. The summed E-state index contributed by atoms with van der Waals surface area (Å²) in [5, 5.41) is 3.47. The molecule has 0 aliphatic carbocycles. The van der Waals surface area contributed by atoms with Crippen molar-refractivity contribution >= 4 is 5.96 Å². The van der Waals surface area contributed by atoms with Crippen LogP contribution in [0, 0.1) is 5.41 Å². The number of pyridine rings is 1. The van der Waals surface area contributed by atoms with E-state index in [1.807, 2.05) is 19.3 Å². The second kappa shape index (κ2) is 7.83. The van der Waals surface area contributed by atoms with Crippen LogP contribution < -0.4 is 10.9 Å². The molecule has 0 amide bonds. The number of aryl methyl sites for hydroxylation is 1. The molecule has 2 fully saturated rings. The first kappa shape index (κ1) is 17.0. The third kappa shape index (κ3) is 3.98. The molecule has 1 N–H and O–H groups in total. The predicted octanol–water partition coefficient (Wildman–Crippen LogP) is 1.32. The Morgan fingerprint density at radius 2 is 2.29 bits per heavy atom. The van der Waals surface area contributed by atoms with Gasteiger partial charge in [-0.25, -0.2) is 0 Å². The van der Waals surface area contributed by atoms with Gasteiger partial charge in [-0.05, 0) is 31.7 Å². The number of guanidine groups is 1. The van der Waals surface area contributed by atoms with Crippen molar-refractivity contribution in [1.82, 2.24) is 14.8 Å². The van der Waals surface area contributed by atoms with Crippen LogP contribution in [-0.2, 0) is 11.3 Å². The summed E-state index contributed by atoms with van der Waals surface area (Å²) in [5.41, 5.74) is 0.425. The molecule has 0 bridgehead atoms. The highest BCUT2D eigenvalue weighted by atomic mass is 16.5. The zero-order valence-electron chi connectivity index (χ0n) is 14.5. The first-order valence-electron chi connectivity index (χ1n) is 8.91. The van der Waals surface area contributed by atoms with Gasteiger partial charge in [-0.3, -0.25) is 9.79 Å². The number of hydrogen-bond acceptors (Lipinski definition) is 3. The third-order valence-electron chi connectivity index (χ3n) is 5.14. The van der Waals surface area contributed by atoms with Crippen LogP contribution in [0.5, 0.6) is 0 Å². The molecule has 6 nitrogen and oxygen atoms in total. The Morgan fingerprint density at radius 1 is 1.38 bits per heavy atom. The molecule has 0 aromatic carbocycles. The van der Waals surface area contributed by atoms with Gasteiger partial charge in [-0.1, -0.05) is 6.07 Å². The normalized spacial score (nSPS) is 24.0. The van der Waals surface area contributed by atoms with Gasteiger partial charge in [0.2, 0.25) is 5.56 Å². The van der Waals surface area contributed by atoms with E-state index in [0.29, 0.717) is 5.41 Å². The number of likely N-dealkylation sites (tertiary alicyclic amines) is 1. The maximum atomic E-state index is 11.6. The van der Waals surface area contributed by atoms with E-state index in [1.54, 1.807) is 16.7 Å². The van der Waals surface area contributed by atoms with Gasteiger partial charge in [0.05, 0.1) is 6.61 Å². The molecule has 2 aliphatic rings. The molecule has 0 saturated carbocycles. The molecule has 6 heteroatoms. The summed E-state index contributed by atoms with van der Waals surface area (Å²) in [7, 11) is 1.85. The summed E-state index contributed by atoms with van der Waals surface area (Å²) in [5.74, 6) is 0.996. The molecule has 1 atom stereocenters. The van der Waals surface area contributed by atoms with Crippen molar-refractivity contribution in [2.24, 2.45) is 10.4 Å². The topological polar surface area (TPSA) is 58.9 Å². The number of aromatic nitrogens is 1. The summed E-state index contributed by atoms with van der Waals surface area (Å²) in [6, 6.07) is 5.29. The summed E-state index contributed by atoms with van der Waals surface area (Å²) < 4.78 is 7.36. The van der Waals surface area contributed by atoms with E-state index in [4.69, 9.17) is 4.74 Å². The molecule has 2 saturated heterocycles. The molecule has 1 spiro atoms. The van der Waals surface area contributed by atoms with E-state index in [-0.39, 0.29) is 5.56 Å². The van der Waals surface area contributed by atoms with E-state index >= 15 is 0 Å². The van der Waals surface area contributed by atoms with Gasteiger partial charge in [0.25, 0.3) is 0 Å². The lowest BCUT2D eigenvalue weighted by Crippen LogP contribution is -2.41. The maximum Gasteiger partial charge on any atom is 0.250 e.